The smallest absolute Gasteiger partial charge is 0.317 e. The maximum atomic E-state index is 12.5. The molecular weight excluding hydrogens is 366 g/mol. The Balaban J connectivity index is 1.47. The van der Waals surface area contributed by atoms with Crippen molar-refractivity contribution < 1.29 is 14.7 Å². The van der Waals surface area contributed by atoms with E-state index in [4.69, 9.17) is 0 Å². The van der Waals surface area contributed by atoms with Crippen LogP contribution >= 0.6 is 0 Å². The summed E-state index contributed by atoms with van der Waals surface area (Å²) in [6.07, 6.45) is 2.34. The third-order valence-electron chi connectivity index (χ3n) is 5.18. The zero-order valence-corrected chi connectivity index (χ0v) is 16.7. The molecule has 1 saturated heterocycles. The van der Waals surface area contributed by atoms with Crippen molar-refractivity contribution in [1.82, 2.24) is 15.1 Å². The predicted octanol–water partition coefficient (Wildman–Crippen LogP) is 2.56. The molecule has 3 rings (SSSR count). The van der Waals surface area contributed by atoms with E-state index >= 15 is 0 Å². The fourth-order valence-electron chi connectivity index (χ4n) is 3.49. The summed E-state index contributed by atoms with van der Waals surface area (Å²) in [6.45, 7) is 2.71. The predicted molar refractivity (Wildman–Crippen MR) is 112 cm³/mol. The van der Waals surface area contributed by atoms with Gasteiger partial charge >= 0.3 is 6.03 Å². The molecule has 2 aromatic rings. The first-order valence-corrected chi connectivity index (χ1v) is 10.2. The number of carbonyl (C=O) groups excluding carboxylic acids is 2. The minimum atomic E-state index is -0.179. The molecule has 1 aliphatic heterocycles. The summed E-state index contributed by atoms with van der Waals surface area (Å²) in [4.78, 5) is 27.8. The van der Waals surface area contributed by atoms with E-state index in [1.165, 1.54) is 0 Å². The molecule has 2 aromatic carbocycles. The van der Waals surface area contributed by atoms with Crippen LogP contribution in [-0.4, -0.2) is 53.1 Å². The molecule has 154 valence electrons. The maximum absolute atomic E-state index is 12.5. The Labute approximate surface area is 172 Å². The average molecular weight is 396 g/mol. The SMILES string of the molecule is O=C1CCCN1Cc1ccc(CNC(=O)N(CCO)CCc2ccccc2)cc1. The number of hydrogen-bond donors (Lipinski definition) is 2. The molecule has 6 heteroatoms. The lowest BCUT2D eigenvalue weighted by Crippen LogP contribution is -2.42. The van der Waals surface area contributed by atoms with E-state index in [-0.39, 0.29) is 18.5 Å². The minimum absolute atomic E-state index is 0.0634. The number of likely N-dealkylation sites (tertiary alicyclic amines) is 1. The van der Waals surface area contributed by atoms with Gasteiger partial charge in [0.25, 0.3) is 0 Å². The van der Waals surface area contributed by atoms with Crippen molar-refractivity contribution >= 4 is 11.9 Å². The van der Waals surface area contributed by atoms with Gasteiger partial charge in [0.1, 0.15) is 0 Å². The lowest BCUT2D eigenvalue weighted by molar-refractivity contribution is -0.128. The fourth-order valence-corrected chi connectivity index (χ4v) is 3.49. The highest BCUT2D eigenvalue weighted by atomic mass is 16.3. The van der Waals surface area contributed by atoms with Crippen LogP contribution in [0.15, 0.2) is 54.6 Å². The first-order valence-electron chi connectivity index (χ1n) is 10.2. The van der Waals surface area contributed by atoms with Gasteiger partial charge in [-0.25, -0.2) is 4.79 Å². The number of aliphatic hydroxyl groups excluding tert-OH is 1. The normalized spacial score (nSPS) is 13.6. The molecule has 0 bridgehead atoms. The van der Waals surface area contributed by atoms with Crippen LogP contribution in [0.4, 0.5) is 4.79 Å². The zero-order chi connectivity index (χ0) is 20.5. The van der Waals surface area contributed by atoms with Gasteiger partial charge in [0.05, 0.1) is 6.61 Å². The molecule has 6 nitrogen and oxygen atoms in total. The van der Waals surface area contributed by atoms with Crippen molar-refractivity contribution in [2.75, 3.05) is 26.2 Å². The van der Waals surface area contributed by atoms with Crippen molar-refractivity contribution in [3.63, 3.8) is 0 Å². The van der Waals surface area contributed by atoms with Gasteiger partial charge in [-0.3, -0.25) is 4.79 Å². The molecule has 0 radical (unpaired) electrons. The number of amides is 3. The Morgan fingerprint density at radius 2 is 1.72 bits per heavy atom. The Bertz CT molecular complexity index is 793. The number of urea groups is 1. The first kappa shape index (κ1) is 20.9. The van der Waals surface area contributed by atoms with Gasteiger partial charge in [0, 0.05) is 39.1 Å². The summed E-state index contributed by atoms with van der Waals surface area (Å²) in [5.74, 6) is 0.223. The molecule has 0 aliphatic carbocycles. The topological polar surface area (TPSA) is 72.9 Å². The molecular formula is C23H29N3O3. The molecule has 0 saturated carbocycles. The minimum Gasteiger partial charge on any atom is -0.395 e. The molecule has 1 heterocycles. The summed E-state index contributed by atoms with van der Waals surface area (Å²) in [6, 6.07) is 17.8. The summed E-state index contributed by atoms with van der Waals surface area (Å²) < 4.78 is 0. The van der Waals surface area contributed by atoms with Gasteiger partial charge in [-0.1, -0.05) is 54.6 Å². The van der Waals surface area contributed by atoms with Gasteiger partial charge < -0.3 is 20.2 Å². The fraction of sp³-hybridized carbons (Fsp3) is 0.391. The van der Waals surface area contributed by atoms with Crippen LogP contribution in [0, 0.1) is 0 Å². The van der Waals surface area contributed by atoms with Crippen molar-refractivity contribution in [2.45, 2.75) is 32.4 Å². The highest BCUT2D eigenvalue weighted by Crippen LogP contribution is 2.14. The Kier molecular flexibility index (Phi) is 7.64. The number of carbonyl (C=O) groups is 2. The number of benzene rings is 2. The summed E-state index contributed by atoms with van der Waals surface area (Å²) in [5.41, 5.74) is 3.26. The highest BCUT2D eigenvalue weighted by Gasteiger charge is 2.19. The third-order valence-corrected chi connectivity index (χ3v) is 5.18. The van der Waals surface area contributed by atoms with Crippen molar-refractivity contribution in [3.05, 3.63) is 71.3 Å². The van der Waals surface area contributed by atoms with Crippen LogP contribution in [0.1, 0.15) is 29.5 Å². The lowest BCUT2D eigenvalue weighted by Gasteiger charge is -2.22. The number of nitrogens with zero attached hydrogens (tertiary/aromatic N) is 2. The second-order valence-electron chi connectivity index (χ2n) is 7.34. The molecule has 1 fully saturated rings. The molecule has 0 spiro atoms. The molecule has 0 aromatic heterocycles. The molecule has 29 heavy (non-hydrogen) atoms. The second kappa shape index (κ2) is 10.6. The van der Waals surface area contributed by atoms with E-state index in [2.05, 4.69) is 5.32 Å². The van der Waals surface area contributed by atoms with Crippen molar-refractivity contribution in [1.29, 1.82) is 0 Å². The van der Waals surface area contributed by atoms with Gasteiger partial charge in [-0.2, -0.15) is 0 Å². The number of nitrogens with one attached hydrogen (secondary N) is 1. The molecule has 2 N–H and O–H groups in total. The molecule has 0 unspecified atom stereocenters. The second-order valence-corrected chi connectivity index (χ2v) is 7.34. The van der Waals surface area contributed by atoms with E-state index < -0.39 is 0 Å². The van der Waals surface area contributed by atoms with E-state index in [0.717, 1.165) is 36.1 Å². The lowest BCUT2D eigenvalue weighted by atomic mass is 10.1. The highest BCUT2D eigenvalue weighted by molar-refractivity contribution is 5.78. The van der Waals surface area contributed by atoms with Crippen LogP contribution in [0.5, 0.6) is 0 Å². The van der Waals surface area contributed by atoms with Crippen LogP contribution in [0.2, 0.25) is 0 Å². The van der Waals surface area contributed by atoms with Crippen molar-refractivity contribution in [3.8, 4) is 0 Å². The summed E-state index contributed by atoms with van der Waals surface area (Å²) in [5, 5.41) is 12.2. The summed E-state index contributed by atoms with van der Waals surface area (Å²) >= 11 is 0. The van der Waals surface area contributed by atoms with Crippen LogP contribution in [0.3, 0.4) is 0 Å². The standard InChI is InChI=1S/C23H29N3O3/c27-16-15-25(14-12-19-5-2-1-3-6-19)23(29)24-17-20-8-10-21(11-9-20)18-26-13-4-7-22(26)28/h1-3,5-6,8-11,27H,4,7,12-18H2,(H,24,29). The van der Waals surface area contributed by atoms with Gasteiger partial charge in [0.2, 0.25) is 5.91 Å². The molecule has 1 aliphatic rings. The van der Waals surface area contributed by atoms with E-state index in [0.29, 0.717) is 32.6 Å². The van der Waals surface area contributed by atoms with Gasteiger partial charge in [0.15, 0.2) is 0 Å². The zero-order valence-electron chi connectivity index (χ0n) is 16.7. The monoisotopic (exact) mass is 395 g/mol. The number of aliphatic hydroxyl groups is 1. The number of hydrogen-bond acceptors (Lipinski definition) is 3. The van der Waals surface area contributed by atoms with Gasteiger partial charge in [-0.05, 0) is 29.5 Å². The van der Waals surface area contributed by atoms with Crippen LogP contribution < -0.4 is 5.32 Å². The van der Waals surface area contributed by atoms with Crippen LogP contribution in [0.25, 0.3) is 0 Å². The van der Waals surface area contributed by atoms with Gasteiger partial charge in [-0.15, -0.1) is 0 Å². The van der Waals surface area contributed by atoms with Crippen molar-refractivity contribution in [2.24, 2.45) is 0 Å². The Morgan fingerprint density at radius 3 is 2.38 bits per heavy atom. The Hall–Kier alpha value is -2.86. The van der Waals surface area contributed by atoms with E-state index in [9.17, 15) is 14.7 Å². The summed E-state index contributed by atoms with van der Waals surface area (Å²) in [7, 11) is 0. The van der Waals surface area contributed by atoms with E-state index in [1.807, 2.05) is 59.5 Å². The first-order chi connectivity index (χ1) is 14.2. The molecule has 3 amide bonds. The largest absolute Gasteiger partial charge is 0.395 e. The third kappa shape index (κ3) is 6.32. The Morgan fingerprint density at radius 1 is 1.00 bits per heavy atom. The van der Waals surface area contributed by atoms with Crippen LogP contribution in [-0.2, 0) is 24.3 Å². The average Bonchev–Trinajstić information content (AvgIpc) is 3.15. The van der Waals surface area contributed by atoms with E-state index in [1.54, 1.807) is 4.90 Å². The quantitative estimate of drug-likeness (QED) is 0.685. The maximum Gasteiger partial charge on any atom is 0.317 e. The molecule has 0 atom stereocenters. The number of rotatable bonds is 9.